The Morgan fingerprint density at radius 3 is 3.00 bits per heavy atom. The molecule has 5 nitrogen and oxygen atoms in total. The number of rotatable bonds is 6. The van der Waals surface area contributed by atoms with Crippen molar-refractivity contribution in [2.24, 2.45) is 0 Å². The molecule has 1 amide bonds. The Kier molecular flexibility index (Phi) is 4.89. The summed E-state index contributed by atoms with van der Waals surface area (Å²) in [6.07, 6.45) is 7.08. The molecule has 0 radical (unpaired) electrons. The van der Waals surface area contributed by atoms with E-state index in [1.165, 1.54) is 5.56 Å². The fourth-order valence-corrected chi connectivity index (χ4v) is 1.89. The summed E-state index contributed by atoms with van der Waals surface area (Å²) in [7, 11) is 0. The number of hydrogen-bond donors (Lipinski definition) is 1. The van der Waals surface area contributed by atoms with Gasteiger partial charge in [0.05, 0.1) is 12.6 Å². The number of pyridine rings is 1. The lowest BCUT2D eigenvalue weighted by atomic mass is 9.91. The molecule has 1 saturated carbocycles. The zero-order valence-electron chi connectivity index (χ0n) is 10.8. The van der Waals surface area contributed by atoms with Gasteiger partial charge in [0.1, 0.15) is 0 Å². The number of aromatic nitrogens is 1. The first-order chi connectivity index (χ1) is 9.25. The number of ether oxygens (including phenoxy) is 1. The molecule has 0 aromatic carbocycles. The number of Topliss-reactive ketones (excluding diaryl/α,β-unsaturated/α-hetero) is 1. The molecule has 102 valence electrons. The second-order valence-electron chi connectivity index (χ2n) is 4.66. The minimum Gasteiger partial charge on any atom is -0.450 e. The maximum atomic E-state index is 11.3. The molecule has 1 fully saturated rings. The van der Waals surface area contributed by atoms with Gasteiger partial charge in [-0.3, -0.25) is 9.78 Å². The lowest BCUT2D eigenvalue weighted by Crippen LogP contribution is -2.47. The lowest BCUT2D eigenvalue weighted by Gasteiger charge is -2.24. The fraction of sp³-hybridized carbons (Fsp3) is 0.500. The standard InChI is InChI=1S/C14H18N2O3/c17-13-7-6-12(13)16-14(18)19-9-2-1-4-11-5-3-8-15-10-11/h3,5,8,10,12H,1-2,4,6-7,9H2,(H,16,18)/t12-/m0/s1. The van der Waals surface area contributed by atoms with Crippen molar-refractivity contribution in [3.8, 4) is 0 Å². The number of carbonyl (C=O) groups is 2. The lowest BCUT2D eigenvalue weighted by molar-refractivity contribution is -0.126. The predicted molar refractivity (Wildman–Crippen MR) is 69.7 cm³/mol. The van der Waals surface area contributed by atoms with Crippen molar-refractivity contribution in [3.05, 3.63) is 30.1 Å². The van der Waals surface area contributed by atoms with Crippen molar-refractivity contribution in [1.82, 2.24) is 10.3 Å². The molecule has 2 rings (SSSR count). The number of nitrogens with one attached hydrogen (secondary N) is 1. The molecule has 1 heterocycles. The Balaban J connectivity index is 1.52. The SMILES string of the molecule is O=C(N[C@H]1CCC1=O)OCCCCc1cccnc1. The molecule has 1 N–H and O–H groups in total. The molecule has 1 aromatic heterocycles. The molecule has 0 aliphatic heterocycles. The van der Waals surface area contributed by atoms with Gasteiger partial charge < -0.3 is 10.1 Å². The highest BCUT2D eigenvalue weighted by atomic mass is 16.5. The van der Waals surface area contributed by atoms with Crippen LogP contribution in [0.1, 0.15) is 31.2 Å². The third-order valence-electron chi connectivity index (χ3n) is 3.18. The number of ketones is 1. The van der Waals surface area contributed by atoms with Crippen LogP contribution >= 0.6 is 0 Å². The minimum absolute atomic E-state index is 0.0912. The van der Waals surface area contributed by atoms with E-state index in [0.29, 0.717) is 13.0 Å². The first-order valence-corrected chi connectivity index (χ1v) is 6.60. The van der Waals surface area contributed by atoms with E-state index in [0.717, 1.165) is 25.7 Å². The van der Waals surface area contributed by atoms with Crippen molar-refractivity contribution >= 4 is 11.9 Å². The van der Waals surface area contributed by atoms with Gasteiger partial charge in [-0.25, -0.2) is 4.79 Å². The average Bonchev–Trinajstić information content (AvgIpc) is 2.44. The normalized spacial score (nSPS) is 17.7. The largest absolute Gasteiger partial charge is 0.450 e. The van der Waals surface area contributed by atoms with Crippen LogP contribution in [0.2, 0.25) is 0 Å². The van der Waals surface area contributed by atoms with Gasteiger partial charge in [0, 0.05) is 18.8 Å². The summed E-state index contributed by atoms with van der Waals surface area (Å²) in [5.41, 5.74) is 1.19. The zero-order valence-corrected chi connectivity index (χ0v) is 10.8. The molecule has 5 heteroatoms. The highest BCUT2D eigenvalue weighted by molar-refractivity contribution is 5.92. The van der Waals surface area contributed by atoms with E-state index < -0.39 is 6.09 Å². The first kappa shape index (κ1) is 13.5. The van der Waals surface area contributed by atoms with Gasteiger partial charge in [-0.05, 0) is 37.3 Å². The molecule has 0 bridgehead atoms. The van der Waals surface area contributed by atoms with Gasteiger partial charge in [0.2, 0.25) is 0 Å². The van der Waals surface area contributed by atoms with E-state index in [9.17, 15) is 9.59 Å². The number of nitrogens with zero attached hydrogens (tertiary/aromatic N) is 1. The molecule has 1 aliphatic carbocycles. The van der Waals surface area contributed by atoms with Gasteiger partial charge in [-0.1, -0.05) is 6.07 Å². The first-order valence-electron chi connectivity index (χ1n) is 6.60. The Hall–Kier alpha value is -1.91. The summed E-state index contributed by atoms with van der Waals surface area (Å²) in [5, 5.41) is 2.55. The van der Waals surface area contributed by atoms with Crippen LogP contribution in [0.4, 0.5) is 4.79 Å². The van der Waals surface area contributed by atoms with Gasteiger partial charge in [-0.2, -0.15) is 0 Å². The van der Waals surface area contributed by atoms with E-state index in [-0.39, 0.29) is 11.8 Å². The highest BCUT2D eigenvalue weighted by Gasteiger charge is 2.29. The molecule has 1 aliphatic rings. The molecular weight excluding hydrogens is 244 g/mol. The molecule has 0 unspecified atom stereocenters. The van der Waals surface area contributed by atoms with Crippen LogP contribution in [0.5, 0.6) is 0 Å². The van der Waals surface area contributed by atoms with Crippen LogP contribution in [-0.2, 0) is 16.0 Å². The Morgan fingerprint density at radius 1 is 1.47 bits per heavy atom. The van der Waals surface area contributed by atoms with Crippen LogP contribution in [0.3, 0.4) is 0 Å². The van der Waals surface area contributed by atoms with Crippen molar-refractivity contribution in [3.63, 3.8) is 0 Å². The number of aryl methyl sites for hydroxylation is 1. The number of carbonyl (C=O) groups excluding carboxylic acids is 2. The second kappa shape index (κ2) is 6.87. The van der Waals surface area contributed by atoms with Crippen molar-refractivity contribution in [2.45, 2.75) is 38.1 Å². The molecule has 1 aromatic rings. The van der Waals surface area contributed by atoms with Crippen molar-refractivity contribution < 1.29 is 14.3 Å². The number of alkyl carbamates (subject to hydrolysis) is 1. The Morgan fingerprint density at radius 2 is 2.37 bits per heavy atom. The number of unbranched alkanes of at least 4 members (excludes halogenated alkanes) is 1. The maximum absolute atomic E-state index is 11.3. The van der Waals surface area contributed by atoms with E-state index in [1.54, 1.807) is 6.20 Å². The van der Waals surface area contributed by atoms with Gasteiger partial charge in [0.15, 0.2) is 5.78 Å². The maximum Gasteiger partial charge on any atom is 0.407 e. The third-order valence-corrected chi connectivity index (χ3v) is 3.18. The number of hydrogen-bond acceptors (Lipinski definition) is 4. The smallest absolute Gasteiger partial charge is 0.407 e. The van der Waals surface area contributed by atoms with Gasteiger partial charge >= 0.3 is 6.09 Å². The number of amides is 1. The van der Waals surface area contributed by atoms with Crippen LogP contribution in [0.15, 0.2) is 24.5 Å². The van der Waals surface area contributed by atoms with Gasteiger partial charge in [-0.15, -0.1) is 0 Å². The Bertz CT molecular complexity index is 434. The highest BCUT2D eigenvalue weighted by Crippen LogP contribution is 2.13. The molecule has 19 heavy (non-hydrogen) atoms. The predicted octanol–water partition coefficient (Wildman–Crippen LogP) is 1.86. The fourth-order valence-electron chi connectivity index (χ4n) is 1.89. The zero-order chi connectivity index (χ0) is 13.5. The second-order valence-corrected chi connectivity index (χ2v) is 4.66. The average molecular weight is 262 g/mol. The van der Waals surface area contributed by atoms with Crippen molar-refractivity contribution in [2.75, 3.05) is 6.61 Å². The van der Waals surface area contributed by atoms with E-state index >= 15 is 0 Å². The van der Waals surface area contributed by atoms with E-state index in [2.05, 4.69) is 10.3 Å². The molecule has 0 spiro atoms. The summed E-state index contributed by atoms with van der Waals surface area (Å²) >= 11 is 0. The Labute approximate surface area is 112 Å². The van der Waals surface area contributed by atoms with Crippen LogP contribution in [0.25, 0.3) is 0 Å². The summed E-state index contributed by atoms with van der Waals surface area (Å²) in [6, 6.07) is 3.63. The molecule has 1 atom stereocenters. The monoisotopic (exact) mass is 262 g/mol. The topological polar surface area (TPSA) is 68.3 Å². The van der Waals surface area contributed by atoms with Crippen LogP contribution in [-0.4, -0.2) is 29.5 Å². The van der Waals surface area contributed by atoms with Crippen LogP contribution in [0, 0.1) is 0 Å². The van der Waals surface area contributed by atoms with E-state index in [1.807, 2.05) is 18.3 Å². The third kappa shape index (κ3) is 4.35. The van der Waals surface area contributed by atoms with E-state index in [4.69, 9.17) is 4.74 Å². The summed E-state index contributed by atoms with van der Waals surface area (Å²) in [5.74, 6) is 0.0912. The van der Waals surface area contributed by atoms with Crippen molar-refractivity contribution in [1.29, 1.82) is 0 Å². The van der Waals surface area contributed by atoms with Crippen LogP contribution < -0.4 is 5.32 Å². The molecule has 0 saturated heterocycles. The van der Waals surface area contributed by atoms with Gasteiger partial charge in [0.25, 0.3) is 0 Å². The minimum atomic E-state index is -0.487. The summed E-state index contributed by atoms with van der Waals surface area (Å²) in [6.45, 7) is 0.382. The quantitative estimate of drug-likeness (QED) is 0.794. The summed E-state index contributed by atoms with van der Waals surface area (Å²) < 4.78 is 5.02. The molecular formula is C14H18N2O3. The summed E-state index contributed by atoms with van der Waals surface area (Å²) in [4.78, 5) is 26.4.